The molecular formula is C24H23NO5. The third-order valence-corrected chi connectivity index (χ3v) is 4.81. The highest BCUT2D eigenvalue weighted by molar-refractivity contribution is 6.23. The third kappa shape index (κ3) is 4.03. The number of aryl methyl sites for hydroxylation is 1. The lowest BCUT2D eigenvalue weighted by atomic mass is 10.0. The molecule has 1 aliphatic rings. The van der Waals surface area contributed by atoms with E-state index in [1.54, 1.807) is 44.2 Å². The second-order valence-corrected chi connectivity index (χ2v) is 6.83. The van der Waals surface area contributed by atoms with E-state index in [2.05, 4.69) is 0 Å². The van der Waals surface area contributed by atoms with Crippen LogP contribution >= 0.6 is 0 Å². The molecule has 0 bridgehead atoms. The van der Waals surface area contributed by atoms with Crippen LogP contribution in [0.25, 0.3) is 6.08 Å². The van der Waals surface area contributed by atoms with Gasteiger partial charge in [-0.1, -0.05) is 29.8 Å². The molecule has 0 unspecified atom stereocenters. The van der Waals surface area contributed by atoms with Crippen molar-refractivity contribution in [1.82, 2.24) is 0 Å². The van der Waals surface area contributed by atoms with Gasteiger partial charge in [-0.2, -0.15) is 0 Å². The molecular weight excluding hydrogens is 382 g/mol. The highest BCUT2D eigenvalue weighted by Crippen LogP contribution is 2.35. The summed E-state index contributed by atoms with van der Waals surface area (Å²) in [6.45, 7) is 5.69. The van der Waals surface area contributed by atoms with Crippen molar-refractivity contribution in [3.05, 3.63) is 82.1 Å². The van der Waals surface area contributed by atoms with E-state index in [9.17, 15) is 14.4 Å². The summed E-state index contributed by atoms with van der Waals surface area (Å²) in [6, 6.07) is 14.1. The highest BCUT2D eigenvalue weighted by Gasteiger charge is 2.37. The van der Waals surface area contributed by atoms with E-state index in [1.807, 2.05) is 31.2 Å². The average molecular weight is 405 g/mol. The summed E-state index contributed by atoms with van der Waals surface area (Å²) in [5.74, 6) is -1.35. The zero-order chi connectivity index (χ0) is 21.8. The molecule has 0 radical (unpaired) electrons. The van der Waals surface area contributed by atoms with E-state index >= 15 is 0 Å². The van der Waals surface area contributed by atoms with Gasteiger partial charge in [-0.3, -0.25) is 9.69 Å². The number of nitrogens with zero attached hydrogens (tertiary/aromatic N) is 1. The summed E-state index contributed by atoms with van der Waals surface area (Å²) in [6.07, 6.45) is 1.69. The predicted molar refractivity (Wildman–Crippen MR) is 114 cm³/mol. The number of hydrogen-bond acceptors (Lipinski definition) is 5. The van der Waals surface area contributed by atoms with Gasteiger partial charge in [0.25, 0.3) is 5.91 Å². The van der Waals surface area contributed by atoms with Crippen LogP contribution in [0.5, 0.6) is 0 Å². The maximum atomic E-state index is 13.3. The predicted octanol–water partition coefficient (Wildman–Crippen LogP) is 4.05. The lowest BCUT2D eigenvalue weighted by Crippen LogP contribution is -2.24. The van der Waals surface area contributed by atoms with Gasteiger partial charge in [0.2, 0.25) is 0 Å². The van der Waals surface area contributed by atoms with Crippen molar-refractivity contribution in [1.29, 1.82) is 0 Å². The fourth-order valence-corrected chi connectivity index (χ4v) is 3.28. The highest BCUT2D eigenvalue weighted by atomic mass is 16.5. The van der Waals surface area contributed by atoms with Gasteiger partial charge in [-0.25, -0.2) is 9.59 Å². The number of benzene rings is 2. The Balaban J connectivity index is 2.03. The van der Waals surface area contributed by atoms with Crippen molar-refractivity contribution < 1.29 is 23.9 Å². The van der Waals surface area contributed by atoms with Crippen molar-refractivity contribution in [2.45, 2.75) is 20.8 Å². The topological polar surface area (TPSA) is 72.9 Å². The summed E-state index contributed by atoms with van der Waals surface area (Å²) < 4.78 is 9.92. The Hall–Kier alpha value is -3.67. The Morgan fingerprint density at radius 1 is 0.967 bits per heavy atom. The van der Waals surface area contributed by atoms with Gasteiger partial charge in [0.15, 0.2) is 0 Å². The number of methoxy groups -OCH3 is 1. The molecule has 0 aromatic heterocycles. The van der Waals surface area contributed by atoms with E-state index in [-0.39, 0.29) is 23.7 Å². The number of anilines is 1. The van der Waals surface area contributed by atoms with Crippen LogP contribution in [0.4, 0.5) is 5.69 Å². The normalized spacial score (nSPS) is 15.0. The Bertz CT molecular complexity index is 1050. The number of carbonyl (C=O) groups excluding carboxylic acids is 3. The van der Waals surface area contributed by atoms with Crippen LogP contribution in [0.3, 0.4) is 0 Å². The molecule has 6 nitrogen and oxygen atoms in total. The van der Waals surface area contributed by atoms with Gasteiger partial charge in [-0.05, 0) is 56.7 Å². The molecule has 6 heteroatoms. The summed E-state index contributed by atoms with van der Waals surface area (Å²) in [5, 5.41) is 0. The zero-order valence-electron chi connectivity index (χ0n) is 17.4. The SMILES string of the molecule is CCOC(=O)c1ccc(N2C(=O)/C(=C\c3ccc(C)cc3)C(C(=O)OC)=C2C)cc1. The molecule has 1 heterocycles. The number of carbonyl (C=O) groups is 3. The first-order valence-electron chi connectivity index (χ1n) is 9.57. The molecule has 0 atom stereocenters. The van der Waals surface area contributed by atoms with Crippen LogP contribution in [0.1, 0.15) is 35.3 Å². The third-order valence-electron chi connectivity index (χ3n) is 4.81. The minimum Gasteiger partial charge on any atom is -0.465 e. The van der Waals surface area contributed by atoms with E-state index in [4.69, 9.17) is 9.47 Å². The van der Waals surface area contributed by atoms with E-state index in [0.29, 0.717) is 16.9 Å². The van der Waals surface area contributed by atoms with Gasteiger partial charge in [-0.15, -0.1) is 0 Å². The Morgan fingerprint density at radius 3 is 2.17 bits per heavy atom. The van der Waals surface area contributed by atoms with Crippen molar-refractivity contribution >= 4 is 29.6 Å². The quantitative estimate of drug-likeness (QED) is 0.554. The van der Waals surface area contributed by atoms with Crippen molar-refractivity contribution in [2.24, 2.45) is 0 Å². The van der Waals surface area contributed by atoms with E-state index in [0.717, 1.165) is 11.1 Å². The van der Waals surface area contributed by atoms with Gasteiger partial charge < -0.3 is 9.47 Å². The number of ether oxygens (including phenoxy) is 2. The molecule has 30 heavy (non-hydrogen) atoms. The first-order chi connectivity index (χ1) is 14.4. The van der Waals surface area contributed by atoms with Crippen LogP contribution in [-0.4, -0.2) is 31.6 Å². The molecule has 0 fully saturated rings. The van der Waals surface area contributed by atoms with Crippen LogP contribution in [0.2, 0.25) is 0 Å². The minimum atomic E-state index is -0.579. The number of esters is 2. The monoisotopic (exact) mass is 405 g/mol. The Labute approximate surface area is 175 Å². The molecule has 0 spiro atoms. The molecule has 0 N–H and O–H groups in total. The van der Waals surface area contributed by atoms with Gasteiger partial charge >= 0.3 is 11.9 Å². The smallest absolute Gasteiger partial charge is 0.340 e. The van der Waals surface area contributed by atoms with Crippen molar-refractivity contribution in [3.8, 4) is 0 Å². The van der Waals surface area contributed by atoms with E-state index in [1.165, 1.54) is 12.0 Å². The summed E-state index contributed by atoms with van der Waals surface area (Å²) in [4.78, 5) is 39.0. The molecule has 2 aromatic rings. The Morgan fingerprint density at radius 2 is 1.60 bits per heavy atom. The van der Waals surface area contributed by atoms with Crippen molar-refractivity contribution in [2.75, 3.05) is 18.6 Å². The molecule has 1 aliphatic heterocycles. The first kappa shape index (κ1) is 21.0. The Kier molecular flexibility index (Phi) is 6.16. The lowest BCUT2D eigenvalue weighted by Gasteiger charge is -2.18. The fraction of sp³-hybridized carbons (Fsp3) is 0.208. The number of allylic oxidation sites excluding steroid dienone is 1. The average Bonchev–Trinajstić information content (AvgIpc) is 2.99. The largest absolute Gasteiger partial charge is 0.465 e. The zero-order valence-corrected chi connectivity index (χ0v) is 17.4. The van der Waals surface area contributed by atoms with Crippen molar-refractivity contribution in [3.63, 3.8) is 0 Å². The summed E-state index contributed by atoms with van der Waals surface area (Å²) >= 11 is 0. The number of amides is 1. The molecule has 3 rings (SSSR count). The second kappa shape index (κ2) is 8.78. The number of rotatable bonds is 5. The van der Waals surface area contributed by atoms with Gasteiger partial charge in [0.1, 0.15) is 0 Å². The molecule has 154 valence electrons. The summed E-state index contributed by atoms with van der Waals surface area (Å²) in [5.41, 5.74) is 3.77. The van der Waals surface area contributed by atoms with E-state index < -0.39 is 11.9 Å². The molecule has 1 amide bonds. The van der Waals surface area contributed by atoms with Crippen LogP contribution in [-0.2, 0) is 19.1 Å². The van der Waals surface area contributed by atoms with Crippen LogP contribution < -0.4 is 4.90 Å². The van der Waals surface area contributed by atoms with Gasteiger partial charge in [0, 0.05) is 11.4 Å². The fourth-order valence-electron chi connectivity index (χ4n) is 3.28. The minimum absolute atomic E-state index is 0.220. The molecule has 0 saturated carbocycles. The molecule has 0 aliphatic carbocycles. The lowest BCUT2D eigenvalue weighted by molar-refractivity contribution is -0.136. The second-order valence-electron chi connectivity index (χ2n) is 6.83. The van der Waals surface area contributed by atoms with Crippen LogP contribution in [0, 0.1) is 6.92 Å². The van der Waals surface area contributed by atoms with Crippen LogP contribution in [0.15, 0.2) is 65.4 Å². The first-order valence-corrected chi connectivity index (χ1v) is 9.57. The maximum Gasteiger partial charge on any atom is 0.340 e. The van der Waals surface area contributed by atoms with Gasteiger partial charge in [0.05, 0.1) is 30.4 Å². The standard InChI is InChI=1S/C24H23NO5/c1-5-30-23(27)18-10-12-19(13-11-18)25-16(3)21(24(28)29-4)20(22(25)26)14-17-8-6-15(2)7-9-17/h6-14H,5H2,1-4H3/b20-14-. The molecule has 2 aromatic carbocycles. The molecule has 0 saturated heterocycles. The maximum absolute atomic E-state index is 13.3. The summed E-state index contributed by atoms with van der Waals surface area (Å²) in [7, 11) is 1.29. The number of hydrogen-bond donors (Lipinski definition) is 0.